The second-order valence-corrected chi connectivity index (χ2v) is 13.4. The molecule has 0 spiro atoms. The first-order valence-electron chi connectivity index (χ1n) is 16.4. The smallest absolute Gasteiger partial charge is 0.274 e. The van der Waals surface area contributed by atoms with Gasteiger partial charge >= 0.3 is 0 Å². The van der Waals surface area contributed by atoms with Crippen LogP contribution >= 0.6 is 0 Å². The number of carbonyl (C=O) groups excluding carboxylic acids is 1. The predicted octanol–water partition coefficient (Wildman–Crippen LogP) is 7.59. The zero-order valence-corrected chi connectivity index (χ0v) is 26.7. The highest BCUT2D eigenvalue weighted by Gasteiger charge is 2.26. The van der Waals surface area contributed by atoms with Crippen molar-refractivity contribution in [2.45, 2.75) is 77.4 Å². The molecule has 46 heavy (non-hydrogen) atoms. The molecule has 2 fully saturated rings. The van der Waals surface area contributed by atoms with E-state index in [1.807, 2.05) is 24.3 Å². The van der Waals surface area contributed by atoms with E-state index in [0.29, 0.717) is 34.6 Å². The average Bonchev–Trinajstić information content (AvgIpc) is 3.59. The Kier molecular flexibility index (Phi) is 8.06. The van der Waals surface area contributed by atoms with E-state index in [-0.39, 0.29) is 11.6 Å². The fraction of sp³-hybridized carbons (Fsp3) is 0.417. The lowest BCUT2D eigenvalue weighted by atomic mass is 9.85. The molecule has 10 heteroatoms. The number of fused-ring (bicyclic) bond motifs is 1. The Labute approximate surface area is 268 Å². The maximum absolute atomic E-state index is 13.6. The molecule has 4 aromatic heterocycles. The molecule has 10 nitrogen and oxygen atoms in total. The normalized spacial score (nSPS) is 18.5. The molecule has 2 aliphatic carbocycles. The molecular formula is C36H41N7O3. The molecule has 1 aromatic carbocycles. The van der Waals surface area contributed by atoms with Crippen molar-refractivity contribution in [3.05, 3.63) is 72.4 Å². The van der Waals surface area contributed by atoms with Crippen LogP contribution in [0.3, 0.4) is 0 Å². The molecule has 0 bridgehead atoms. The lowest BCUT2D eigenvalue weighted by Crippen LogP contribution is -2.21. The Morgan fingerprint density at radius 3 is 2.59 bits per heavy atom. The van der Waals surface area contributed by atoms with Crippen LogP contribution in [-0.4, -0.2) is 42.3 Å². The number of aromatic nitrogens is 5. The third-order valence-electron chi connectivity index (χ3n) is 9.36. The Morgan fingerprint density at radius 2 is 1.83 bits per heavy atom. The lowest BCUT2D eigenvalue weighted by molar-refractivity contribution is 0.0793. The quantitative estimate of drug-likeness (QED) is 0.146. The SMILES string of the molecule is CCC1CCC(n2cc3cc(NC(=O)c4cccc(-c5coc(-c6ccnc(NCC7CC7)c6)n5)n4)c(C(C)(C)O)cc3n2)CC1. The zero-order valence-electron chi connectivity index (χ0n) is 26.7. The second-order valence-electron chi connectivity index (χ2n) is 13.4. The highest BCUT2D eigenvalue weighted by atomic mass is 16.3. The van der Waals surface area contributed by atoms with E-state index in [4.69, 9.17) is 9.52 Å². The number of pyridine rings is 2. The van der Waals surface area contributed by atoms with Crippen LogP contribution in [0.1, 0.15) is 87.8 Å². The number of carbonyl (C=O) groups is 1. The lowest BCUT2D eigenvalue weighted by Gasteiger charge is -2.27. The molecule has 1 amide bonds. The largest absolute Gasteiger partial charge is 0.444 e. The van der Waals surface area contributed by atoms with E-state index in [0.717, 1.165) is 53.5 Å². The molecule has 0 aliphatic heterocycles. The molecule has 0 saturated heterocycles. The number of rotatable bonds is 10. The molecule has 0 unspecified atom stereocenters. The van der Waals surface area contributed by atoms with Crippen LogP contribution in [0.25, 0.3) is 33.7 Å². The molecule has 0 atom stereocenters. The summed E-state index contributed by atoms with van der Waals surface area (Å²) in [6.07, 6.45) is 13.8. The molecule has 0 radical (unpaired) electrons. The van der Waals surface area contributed by atoms with Crippen molar-refractivity contribution in [1.82, 2.24) is 24.7 Å². The molecule has 5 aromatic rings. The number of nitrogens with zero attached hydrogens (tertiary/aromatic N) is 5. The predicted molar refractivity (Wildman–Crippen MR) is 178 cm³/mol. The van der Waals surface area contributed by atoms with Crippen LogP contribution in [0.2, 0.25) is 0 Å². The monoisotopic (exact) mass is 619 g/mol. The van der Waals surface area contributed by atoms with Gasteiger partial charge in [-0.3, -0.25) is 9.48 Å². The molecule has 2 saturated carbocycles. The van der Waals surface area contributed by atoms with Gasteiger partial charge in [0.2, 0.25) is 5.89 Å². The van der Waals surface area contributed by atoms with Crippen LogP contribution in [-0.2, 0) is 5.60 Å². The van der Waals surface area contributed by atoms with Crippen molar-refractivity contribution in [2.24, 2.45) is 11.8 Å². The average molecular weight is 620 g/mol. The van der Waals surface area contributed by atoms with Crippen molar-refractivity contribution in [2.75, 3.05) is 17.2 Å². The van der Waals surface area contributed by atoms with Gasteiger partial charge in [-0.25, -0.2) is 15.0 Å². The summed E-state index contributed by atoms with van der Waals surface area (Å²) in [6.45, 7) is 6.61. The Morgan fingerprint density at radius 1 is 1.02 bits per heavy atom. The summed E-state index contributed by atoms with van der Waals surface area (Å²) in [5, 5.41) is 23.3. The number of oxazole rings is 1. The molecule has 4 heterocycles. The third-order valence-corrected chi connectivity index (χ3v) is 9.36. The van der Waals surface area contributed by atoms with Gasteiger partial charge in [-0.1, -0.05) is 19.4 Å². The first kappa shape index (κ1) is 30.1. The Hall–Kier alpha value is -4.57. The van der Waals surface area contributed by atoms with Crippen molar-refractivity contribution in [1.29, 1.82) is 0 Å². The molecule has 7 rings (SSSR count). The summed E-state index contributed by atoms with van der Waals surface area (Å²) in [7, 11) is 0. The number of aliphatic hydroxyl groups is 1. The van der Waals surface area contributed by atoms with Crippen LogP contribution in [0.4, 0.5) is 11.5 Å². The van der Waals surface area contributed by atoms with Crippen molar-refractivity contribution in [3.63, 3.8) is 0 Å². The fourth-order valence-electron chi connectivity index (χ4n) is 6.35. The van der Waals surface area contributed by atoms with Crippen molar-refractivity contribution < 1.29 is 14.3 Å². The zero-order chi connectivity index (χ0) is 31.8. The summed E-state index contributed by atoms with van der Waals surface area (Å²) in [6, 6.07) is 13.2. The van der Waals surface area contributed by atoms with E-state index >= 15 is 0 Å². The number of amides is 1. The van der Waals surface area contributed by atoms with E-state index in [9.17, 15) is 9.90 Å². The van der Waals surface area contributed by atoms with E-state index < -0.39 is 5.60 Å². The maximum atomic E-state index is 13.6. The minimum atomic E-state index is -1.20. The van der Waals surface area contributed by atoms with Gasteiger partial charge in [0, 0.05) is 41.1 Å². The van der Waals surface area contributed by atoms with Gasteiger partial charge in [-0.2, -0.15) is 5.10 Å². The number of nitrogens with one attached hydrogen (secondary N) is 2. The highest BCUT2D eigenvalue weighted by molar-refractivity contribution is 6.04. The first-order valence-corrected chi connectivity index (χ1v) is 16.4. The third kappa shape index (κ3) is 6.53. The van der Waals surface area contributed by atoms with Crippen LogP contribution in [0.15, 0.2) is 65.5 Å². The van der Waals surface area contributed by atoms with Gasteiger partial charge in [-0.15, -0.1) is 0 Å². The fourth-order valence-corrected chi connectivity index (χ4v) is 6.35. The number of hydrogen-bond donors (Lipinski definition) is 3. The summed E-state index contributed by atoms with van der Waals surface area (Å²) >= 11 is 0. The minimum absolute atomic E-state index is 0.225. The number of anilines is 2. The van der Waals surface area contributed by atoms with Gasteiger partial charge in [0.1, 0.15) is 23.5 Å². The number of hydrogen-bond acceptors (Lipinski definition) is 8. The van der Waals surface area contributed by atoms with E-state index in [2.05, 4.69) is 43.4 Å². The first-order chi connectivity index (χ1) is 22.2. The van der Waals surface area contributed by atoms with Gasteiger partial charge in [0.15, 0.2) is 0 Å². The van der Waals surface area contributed by atoms with Crippen molar-refractivity contribution >= 4 is 28.3 Å². The summed E-state index contributed by atoms with van der Waals surface area (Å²) < 4.78 is 7.88. The highest BCUT2D eigenvalue weighted by Crippen LogP contribution is 2.36. The standard InChI is InChI=1S/C36H41N7O3/c1-4-22-10-12-26(13-11-22)43-20-25-16-31(27(36(2,3)45)18-30(25)42-43)40-34(44)29-7-5-6-28(39-29)32-21-46-35(41-32)24-14-15-37-33(17-24)38-19-23-8-9-23/h5-7,14-18,20-23,26,45H,4,8-13,19H2,1-3H3,(H,37,38)(H,40,44). The van der Waals surface area contributed by atoms with Gasteiger partial charge in [0.05, 0.1) is 22.9 Å². The Balaban J connectivity index is 1.10. The van der Waals surface area contributed by atoms with Crippen LogP contribution < -0.4 is 10.6 Å². The van der Waals surface area contributed by atoms with E-state index in [1.165, 1.54) is 32.1 Å². The maximum Gasteiger partial charge on any atom is 0.274 e. The minimum Gasteiger partial charge on any atom is -0.444 e. The molecule has 238 valence electrons. The van der Waals surface area contributed by atoms with Gasteiger partial charge in [-0.05, 0) is 101 Å². The number of benzene rings is 1. The molecule has 2 aliphatic rings. The summed E-state index contributed by atoms with van der Waals surface area (Å²) in [5.74, 6) is 2.39. The Bertz CT molecular complexity index is 1860. The van der Waals surface area contributed by atoms with Crippen molar-refractivity contribution in [3.8, 4) is 22.8 Å². The summed E-state index contributed by atoms with van der Waals surface area (Å²) in [5.41, 5.74) is 2.78. The topological polar surface area (TPSA) is 131 Å². The van der Waals surface area contributed by atoms with Crippen LogP contribution in [0.5, 0.6) is 0 Å². The summed E-state index contributed by atoms with van der Waals surface area (Å²) in [4.78, 5) is 27.2. The van der Waals surface area contributed by atoms with Gasteiger partial charge < -0.3 is 20.2 Å². The molecule has 3 N–H and O–H groups in total. The van der Waals surface area contributed by atoms with E-state index in [1.54, 1.807) is 44.5 Å². The second kappa shape index (κ2) is 12.3. The van der Waals surface area contributed by atoms with Crippen LogP contribution in [0, 0.1) is 11.8 Å². The molecular weight excluding hydrogens is 578 g/mol. The van der Waals surface area contributed by atoms with Gasteiger partial charge in [0.25, 0.3) is 5.91 Å².